The molecule has 0 unspecified atom stereocenters. The molecular weight excluding hydrogens is 179 g/mol. The van der Waals surface area contributed by atoms with Gasteiger partial charge in [-0.2, -0.15) is 0 Å². The Morgan fingerprint density at radius 1 is 0.800 bits per heavy atom. The van der Waals surface area contributed by atoms with E-state index in [1.54, 1.807) is 0 Å². The third-order valence-electron chi connectivity index (χ3n) is 3.41. The minimum absolute atomic E-state index is 0.599. The van der Waals surface area contributed by atoms with Crippen LogP contribution in [0.3, 0.4) is 0 Å². The summed E-state index contributed by atoms with van der Waals surface area (Å²) in [5, 5.41) is 0.599. The lowest BCUT2D eigenvalue weighted by Gasteiger charge is -2.23. The number of hydrogen-bond donors (Lipinski definition) is 0. The quantitative estimate of drug-likeness (QED) is 0.343. The molecular formula is C14H31B. The Bertz CT molecular complexity index is 115. The van der Waals surface area contributed by atoms with Gasteiger partial charge in [0.15, 0.2) is 0 Å². The van der Waals surface area contributed by atoms with Crippen LogP contribution < -0.4 is 0 Å². The summed E-state index contributed by atoms with van der Waals surface area (Å²) in [6, 6.07) is 0. The molecule has 0 radical (unpaired) electrons. The molecule has 0 saturated carbocycles. The molecule has 0 fully saturated rings. The summed E-state index contributed by atoms with van der Waals surface area (Å²) in [6.45, 7) is 9.47. The van der Waals surface area contributed by atoms with Crippen molar-refractivity contribution in [3.63, 3.8) is 0 Å². The summed E-state index contributed by atoms with van der Waals surface area (Å²) < 4.78 is 0. The summed E-state index contributed by atoms with van der Waals surface area (Å²) in [6.07, 6.45) is 12.7. The Balaban J connectivity index is 3.40. The van der Waals surface area contributed by atoms with E-state index in [0.29, 0.717) is 5.31 Å². The maximum Gasteiger partial charge on any atom is 0.127 e. The van der Waals surface area contributed by atoms with Crippen LogP contribution in [0.2, 0.25) is 11.6 Å². The SMILES string of the molecule is CCCCCBC(C)(C)CCCCCC. The van der Waals surface area contributed by atoms with Crippen molar-refractivity contribution in [3.8, 4) is 0 Å². The van der Waals surface area contributed by atoms with Crippen molar-refractivity contribution in [1.82, 2.24) is 0 Å². The molecule has 0 aliphatic carbocycles. The molecule has 0 N–H and O–H groups in total. The molecule has 0 spiro atoms. The average Bonchev–Trinajstić information content (AvgIpc) is 2.20. The maximum atomic E-state index is 2.45. The van der Waals surface area contributed by atoms with Gasteiger partial charge in [-0.25, -0.2) is 0 Å². The second-order valence-corrected chi connectivity index (χ2v) is 5.79. The second-order valence-electron chi connectivity index (χ2n) is 5.79. The molecule has 15 heavy (non-hydrogen) atoms. The van der Waals surface area contributed by atoms with Crippen LogP contribution in [0.1, 0.15) is 79.1 Å². The summed E-state index contributed by atoms with van der Waals surface area (Å²) in [5.74, 6) is 0. The van der Waals surface area contributed by atoms with Crippen LogP contribution >= 0.6 is 0 Å². The maximum absolute atomic E-state index is 2.45. The Morgan fingerprint density at radius 3 is 2.00 bits per heavy atom. The molecule has 0 aromatic rings. The standard InChI is InChI=1S/C14H31B/c1-5-7-9-10-12-14(3,4)15-13-11-8-6-2/h15H,5-13H2,1-4H3. The van der Waals surface area contributed by atoms with Crippen LogP contribution in [0.15, 0.2) is 0 Å². The van der Waals surface area contributed by atoms with Gasteiger partial charge in [-0.3, -0.25) is 0 Å². The zero-order valence-corrected chi connectivity index (χ0v) is 11.6. The number of unbranched alkanes of at least 4 members (excludes halogenated alkanes) is 5. The fourth-order valence-electron chi connectivity index (χ4n) is 2.19. The van der Waals surface area contributed by atoms with E-state index in [9.17, 15) is 0 Å². The predicted molar refractivity (Wildman–Crippen MR) is 74.3 cm³/mol. The first-order valence-electron chi connectivity index (χ1n) is 7.12. The lowest BCUT2D eigenvalue weighted by molar-refractivity contribution is 0.534. The minimum Gasteiger partial charge on any atom is -0.0769 e. The van der Waals surface area contributed by atoms with E-state index < -0.39 is 0 Å². The van der Waals surface area contributed by atoms with Crippen LogP contribution in [-0.2, 0) is 0 Å². The first-order valence-corrected chi connectivity index (χ1v) is 7.12. The molecule has 90 valence electrons. The molecule has 1 heteroatoms. The van der Waals surface area contributed by atoms with Crippen molar-refractivity contribution in [3.05, 3.63) is 0 Å². The molecule has 0 aliphatic heterocycles. The van der Waals surface area contributed by atoms with Crippen LogP contribution in [0.5, 0.6) is 0 Å². The summed E-state index contributed by atoms with van der Waals surface area (Å²) in [7, 11) is 1.43. The van der Waals surface area contributed by atoms with E-state index in [0.717, 1.165) is 0 Å². The molecule has 0 bridgehead atoms. The van der Waals surface area contributed by atoms with E-state index >= 15 is 0 Å². The van der Waals surface area contributed by atoms with Crippen molar-refractivity contribution >= 4 is 7.28 Å². The molecule has 0 aliphatic rings. The Labute approximate surface area is 98.5 Å². The molecule has 0 atom stereocenters. The molecule has 0 rings (SSSR count). The summed E-state index contributed by atoms with van der Waals surface area (Å²) >= 11 is 0. The van der Waals surface area contributed by atoms with Crippen molar-refractivity contribution < 1.29 is 0 Å². The molecule has 0 nitrogen and oxygen atoms in total. The van der Waals surface area contributed by atoms with Crippen molar-refractivity contribution in [1.29, 1.82) is 0 Å². The molecule has 0 heterocycles. The predicted octanol–water partition coefficient (Wildman–Crippen LogP) is 5.20. The van der Waals surface area contributed by atoms with Crippen LogP contribution in [0, 0.1) is 0 Å². The topological polar surface area (TPSA) is 0 Å². The van der Waals surface area contributed by atoms with Gasteiger partial charge in [-0.15, -0.1) is 0 Å². The lowest BCUT2D eigenvalue weighted by atomic mass is 9.50. The van der Waals surface area contributed by atoms with Gasteiger partial charge in [-0.1, -0.05) is 90.7 Å². The van der Waals surface area contributed by atoms with Gasteiger partial charge in [0.2, 0.25) is 0 Å². The highest BCUT2D eigenvalue weighted by Crippen LogP contribution is 2.31. The largest absolute Gasteiger partial charge is 0.127 e. The highest BCUT2D eigenvalue weighted by atomic mass is 14.1. The first kappa shape index (κ1) is 15.1. The van der Waals surface area contributed by atoms with Gasteiger partial charge in [-0.05, 0) is 0 Å². The van der Waals surface area contributed by atoms with Crippen molar-refractivity contribution in [2.45, 2.75) is 90.7 Å². The van der Waals surface area contributed by atoms with Gasteiger partial charge in [0.25, 0.3) is 0 Å². The Morgan fingerprint density at radius 2 is 1.40 bits per heavy atom. The highest BCUT2D eigenvalue weighted by Gasteiger charge is 2.17. The number of hydrogen-bond acceptors (Lipinski definition) is 0. The van der Waals surface area contributed by atoms with Gasteiger partial charge < -0.3 is 0 Å². The van der Waals surface area contributed by atoms with Crippen molar-refractivity contribution in [2.24, 2.45) is 0 Å². The molecule has 0 aromatic carbocycles. The zero-order valence-electron chi connectivity index (χ0n) is 11.6. The van der Waals surface area contributed by atoms with Gasteiger partial charge in [0, 0.05) is 0 Å². The Kier molecular flexibility index (Phi) is 9.34. The Hall–Kier alpha value is 0.0649. The van der Waals surface area contributed by atoms with E-state index in [1.807, 2.05) is 0 Å². The van der Waals surface area contributed by atoms with Gasteiger partial charge in [0.1, 0.15) is 7.28 Å². The van der Waals surface area contributed by atoms with Crippen LogP contribution in [0.4, 0.5) is 0 Å². The fourth-order valence-corrected chi connectivity index (χ4v) is 2.19. The summed E-state index contributed by atoms with van der Waals surface area (Å²) in [5.41, 5.74) is 0. The molecule has 0 saturated heterocycles. The minimum atomic E-state index is 0.599. The third-order valence-corrected chi connectivity index (χ3v) is 3.41. The lowest BCUT2D eigenvalue weighted by Crippen LogP contribution is -2.12. The number of rotatable bonds is 10. The first-order chi connectivity index (χ1) is 7.12. The highest BCUT2D eigenvalue weighted by molar-refractivity contribution is 6.39. The average molecular weight is 210 g/mol. The van der Waals surface area contributed by atoms with E-state index in [2.05, 4.69) is 27.7 Å². The molecule has 0 amide bonds. The van der Waals surface area contributed by atoms with Crippen LogP contribution in [0.25, 0.3) is 0 Å². The fraction of sp³-hybridized carbons (Fsp3) is 1.00. The summed E-state index contributed by atoms with van der Waals surface area (Å²) in [4.78, 5) is 0. The van der Waals surface area contributed by atoms with E-state index in [4.69, 9.17) is 0 Å². The van der Waals surface area contributed by atoms with Gasteiger partial charge >= 0.3 is 0 Å². The monoisotopic (exact) mass is 210 g/mol. The third kappa shape index (κ3) is 10.3. The van der Waals surface area contributed by atoms with E-state index in [1.165, 1.54) is 65.0 Å². The second kappa shape index (κ2) is 9.30. The molecule has 0 aromatic heterocycles. The van der Waals surface area contributed by atoms with Gasteiger partial charge in [0.05, 0.1) is 0 Å². The van der Waals surface area contributed by atoms with Crippen LogP contribution in [-0.4, -0.2) is 7.28 Å². The van der Waals surface area contributed by atoms with Crippen molar-refractivity contribution in [2.75, 3.05) is 0 Å². The zero-order chi connectivity index (χ0) is 11.6. The van der Waals surface area contributed by atoms with E-state index in [-0.39, 0.29) is 0 Å². The smallest absolute Gasteiger partial charge is 0.0769 e. The normalized spacial score (nSPS) is 11.7.